The van der Waals surface area contributed by atoms with Gasteiger partial charge in [0.25, 0.3) is 0 Å². The van der Waals surface area contributed by atoms with Crippen molar-refractivity contribution >= 4 is 23.4 Å². The molecule has 0 saturated heterocycles. The summed E-state index contributed by atoms with van der Waals surface area (Å²) >= 11 is 5.54. The van der Waals surface area contributed by atoms with Crippen LogP contribution in [0.3, 0.4) is 0 Å². The van der Waals surface area contributed by atoms with Crippen molar-refractivity contribution in [3.8, 4) is 0 Å². The van der Waals surface area contributed by atoms with Crippen molar-refractivity contribution in [2.24, 2.45) is 0 Å². The van der Waals surface area contributed by atoms with E-state index in [1.165, 1.54) is 0 Å². The van der Waals surface area contributed by atoms with E-state index in [9.17, 15) is 4.79 Å². The number of rotatable bonds is 5. The zero-order valence-electron chi connectivity index (χ0n) is 22.9. The Balaban J connectivity index is -0.000000240. The molecular formula is C30H45NOSY-2. The van der Waals surface area contributed by atoms with Gasteiger partial charge in [0.1, 0.15) is 0 Å². The Kier molecular flexibility index (Phi) is 34.7. The number of hydrogen-bond donors (Lipinski definition) is 0. The van der Waals surface area contributed by atoms with Crippen LogP contribution in [0, 0.1) is 6.08 Å². The van der Waals surface area contributed by atoms with Crippen molar-refractivity contribution < 1.29 is 37.5 Å². The number of aromatic nitrogens is 1. The second kappa shape index (κ2) is 29.6. The monoisotopic (exact) mass is 556 g/mol. The van der Waals surface area contributed by atoms with Crippen LogP contribution in [0.5, 0.6) is 0 Å². The maximum absolute atomic E-state index is 10.8. The molecule has 0 amide bonds. The quantitative estimate of drug-likeness (QED) is 0.159. The Morgan fingerprint density at radius 1 is 1.00 bits per heavy atom. The second-order valence-corrected chi connectivity index (χ2v) is 5.93. The molecule has 1 aliphatic rings. The summed E-state index contributed by atoms with van der Waals surface area (Å²) in [5.74, 6) is -0.0858. The van der Waals surface area contributed by atoms with Gasteiger partial charge in [0.2, 0.25) is 0 Å². The number of hydrogen-bond acceptors (Lipinski definition) is 2. The van der Waals surface area contributed by atoms with Crippen LogP contribution in [-0.4, -0.2) is 15.7 Å². The molecule has 3 rings (SSSR count). The van der Waals surface area contributed by atoms with E-state index in [4.69, 9.17) is 12.2 Å². The molecule has 0 fully saturated rings. The van der Waals surface area contributed by atoms with Gasteiger partial charge in [-0.1, -0.05) is 117 Å². The predicted octanol–water partition coefficient (Wildman–Crippen LogP) is 9.06. The fourth-order valence-corrected chi connectivity index (χ4v) is 3.03. The first-order valence-corrected chi connectivity index (χ1v) is 12.6. The average Bonchev–Trinajstić information content (AvgIpc) is 3.52. The molecule has 1 aromatic heterocycles. The number of benzene rings is 1. The maximum atomic E-state index is 10.8. The molecule has 2 heterocycles. The molecule has 1 aliphatic heterocycles. The minimum Gasteiger partial charge on any atom is -0.541 e. The van der Waals surface area contributed by atoms with Gasteiger partial charge >= 0.3 is 0 Å². The Morgan fingerprint density at radius 2 is 1.56 bits per heavy atom. The summed E-state index contributed by atoms with van der Waals surface area (Å²) in [6.07, 6.45) is 13.0. The SMILES string of the molecule is C=CC=[C-]/C=C\C.CC.CC.CC.CC.O=[C-]C1CCn2c(C(=S)c3ccccc3)ccc21.[Y]. The number of allylic oxidation sites excluding steroid dienone is 5. The van der Waals surface area contributed by atoms with Crippen LogP contribution < -0.4 is 0 Å². The fourth-order valence-electron chi connectivity index (χ4n) is 2.72. The third-order valence-electron chi connectivity index (χ3n) is 3.90. The molecule has 0 spiro atoms. The van der Waals surface area contributed by atoms with Crippen LogP contribution in [0.4, 0.5) is 0 Å². The number of fused-ring (bicyclic) bond motifs is 1. The Morgan fingerprint density at radius 3 is 2.03 bits per heavy atom. The van der Waals surface area contributed by atoms with Gasteiger partial charge in [0.15, 0.2) is 0 Å². The van der Waals surface area contributed by atoms with Gasteiger partial charge in [-0.15, -0.1) is 0 Å². The van der Waals surface area contributed by atoms with Gasteiger partial charge in [-0.2, -0.15) is 37.0 Å². The summed E-state index contributed by atoms with van der Waals surface area (Å²) < 4.78 is 2.14. The normalized spacial score (nSPS) is 12.2. The maximum Gasteiger partial charge on any atom is 0.0686 e. The van der Waals surface area contributed by atoms with Gasteiger partial charge in [-0.3, -0.25) is 6.29 Å². The molecule has 1 unspecified atom stereocenters. The molecule has 0 saturated carbocycles. The number of carbonyl (C=O) groups excluding carboxylic acids is 1. The Labute approximate surface area is 241 Å². The molecule has 0 aliphatic carbocycles. The molecule has 1 radical (unpaired) electrons. The standard InChI is InChI=1S/C15H12NOS.C7H9.4C2H6.Y/c17-10-12-8-9-16-13(12)6-7-14(16)15(18)11-4-2-1-3-5-11;1-3-5-7-6-4-2;4*1-2;/h1-7,12H,8-9H2;3-6H,1H2,2H3;4*1-2H3;/q2*-1;;;;;/b;6-4-;;;;;. The fraction of sp³-hybridized carbons (Fsp3) is 0.400. The van der Waals surface area contributed by atoms with Gasteiger partial charge in [0.05, 0.1) is 10.6 Å². The Bertz CT molecular complexity index is 791. The summed E-state index contributed by atoms with van der Waals surface area (Å²) in [5, 5.41) is 0. The van der Waals surface area contributed by atoms with Crippen molar-refractivity contribution in [1.29, 1.82) is 0 Å². The van der Waals surface area contributed by atoms with E-state index < -0.39 is 0 Å². The van der Waals surface area contributed by atoms with E-state index in [1.54, 1.807) is 12.2 Å². The minimum absolute atomic E-state index is 0. The van der Waals surface area contributed by atoms with E-state index in [-0.39, 0.29) is 38.6 Å². The molecule has 34 heavy (non-hydrogen) atoms. The first kappa shape index (κ1) is 39.8. The van der Waals surface area contributed by atoms with Crippen molar-refractivity contribution in [3.63, 3.8) is 0 Å². The van der Waals surface area contributed by atoms with Gasteiger partial charge < -0.3 is 9.36 Å². The van der Waals surface area contributed by atoms with E-state index in [0.717, 1.165) is 34.8 Å². The molecule has 1 atom stereocenters. The van der Waals surface area contributed by atoms with Crippen molar-refractivity contribution in [2.45, 2.75) is 81.2 Å². The van der Waals surface area contributed by atoms with Gasteiger partial charge in [-0.25, -0.2) is 0 Å². The summed E-state index contributed by atoms with van der Waals surface area (Å²) in [7, 11) is 0. The summed E-state index contributed by atoms with van der Waals surface area (Å²) in [5.41, 5.74) is 3.12. The third kappa shape index (κ3) is 14.8. The second-order valence-electron chi connectivity index (χ2n) is 5.52. The van der Waals surface area contributed by atoms with Gasteiger partial charge in [0, 0.05) is 39.3 Å². The molecule has 1 aromatic carbocycles. The van der Waals surface area contributed by atoms with Gasteiger partial charge in [-0.05, 0) is 23.4 Å². The summed E-state index contributed by atoms with van der Waals surface area (Å²) in [6, 6.07) is 14.0. The molecule has 0 bridgehead atoms. The molecule has 187 valence electrons. The third-order valence-corrected chi connectivity index (χ3v) is 4.35. The zero-order chi connectivity index (χ0) is 26.1. The smallest absolute Gasteiger partial charge is 0.0686 e. The van der Waals surface area contributed by atoms with E-state index in [0.29, 0.717) is 0 Å². The van der Waals surface area contributed by atoms with E-state index in [1.807, 2.05) is 117 Å². The molecule has 2 nitrogen and oxygen atoms in total. The number of thiocarbonyl (C=S) groups is 1. The van der Waals surface area contributed by atoms with Crippen LogP contribution in [0.15, 0.2) is 73.3 Å². The molecular weight excluding hydrogens is 511 g/mol. The van der Waals surface area contributed by atoms with Crippen LogP contribution in [0.2, 0.25) is 0 Å². The van der Waals surface area contributed by atoms with Crippen LogP contribution in [0.1, 0.15) is 91.6 Å². The minimum atomic E-state index is -0.0858. The molecule has 2 aromatic rings. The first-order chi connectivity index (χ1) is 16.2. The van der Waals surface area contributed by atoms with E-state index in [2.05, 4.69) is 23.5 Å². The number of nitrogens with zero attached hydrogens (tertiary/aromatic N) is 1. The zero-order valence-corrected chi connectivity index (χ0v) is 26.5. The molecule has 0 N–H and O–H groups in total. The largest absolute Gasteiger partial charge is 0.541 e. The molecule has 4 heteroatoms. The Hall–Kier alpha value is -1.42. The van der Waals surface area contributed by atoms with Crippen molar-refractivity contribution in [2.75, 3.05) is 0 Å². The van der Waals surface area contributed by atoms with Crippen molar-refractivity contribution in [3.05, 3.63) is 96.4 Å². The predicted molar refractivity (Wildman–Crippen MR) is 153 cm³/mol. The summed E-state index contributed by atoms with van der Waals surface area (Å²) in [4.78, 5) is 11.7. The first-order valence-electron chi connectivity index (χ1n) is 12.2. The van der Waals surface area contributed by atoms with Crippen molar-refractivity contribution in [1.82, 2.24) is 4.57 Å². The average molecular weight is 557 g/mol. The van der Waals surface area contributed by atoms with E-state index >= 15 is 0 Å². The topological polar surface area (TPSA) is 22.0 Å². The van der Waals surface area contributed by atoms with Crippen LogP contribution >= 0.6 is 12.2 Å². The van der Waals surface area contributed by atoms with Crippen LogP contribution in [0.25, 0.3) is 0 Å². The van der Waals surface area contributed by atoms with Crippen LogP contribution in [-0.2, 0) is 44.0 Å². The summed E-state index contributed by atoms with van der Waals surface area (Å²) in [6.45, 7) is 22.3.